The fourth-order valence-corrected chi connectivity index (χ4v) is 1.36. The molecule has 0 radical (unpaired) electrons. The topological polar surface area (TPSA) is 20.3 Å². The minimum absolute atomic E-state index is 0.179. The molecular weight excluding hydrogens is 174 g/mol. The van der Waals surface area contributed by atoms with Crippen molar-refractivity contribution in [2.45, 2.75) is 38.5 Å². The molecule has 0 N–H and O–H groups in total. The zero-order chi connectivity index (χ0) is 10.8. The summed E-state index contributed by atoms with van der Waals surface area (Å²) in [5.74, 6) is 0.179. The van der Waals surface area contributed by atoms with Crippen molar-refractivity contribution < 1.29 is 4.79 Å². The summed E-state index contributed by atoms with van der Waals surface area (Å²) >= 11 is 0. The van der Waals surface area contributed by atoms with Crippen LogP contribution in [0.25, 0.3) is 0 Å². The number of carbonyl (C=O) groups excluding carboxylic acids is 1. The zero-order valence-corrected chi connectivity index (χ0v) is 9.59. The van der Waals surface area contributed by atoms with Gasteiger partial charge in [0.1, 0.15) is 0 Å². The lowest BCUT2D eigenvalue weighted by Crippen LogP contribution is -2.12. The predicted octanol–water partition coefficient (Wildman–Crippen LogP) is 2.64. The smallest absolute Gasteiger partial charge is 0.155 e. The van der Waals surface area contributed by atoms with E-state index in [9.17, 15) is 4.79 Å². The van der Waals surface area contributed by atoms with Gasteiger partial charge < -0.3 is 4.90 Å². The van der Waals surface area contributed by atoms with Gasteiger partial charge in [0.2, 0.25) is 0 Å². The summed E-state index contributed by atoms with van der Waals surface area (Å²) in [6, 6.07) is 0. The number of unbranched alkanes of at least 4 members (excludes halogenated alkanes) is 4. The molecule has 0 unspecified atom stereocenters. The molecule has 0 aliphatic carbocycles. The van der Waals surface area contributed by atoms with Gasteiger partial charge in [0.05, 0.1) is 0 Å². The lowest BCUT2D eigenvalue weighted by molar-refractivity contribution is -0.114. The molecule has 0 aliphatic heterocycles. The second kappa shape index (κ2) is 8.95. The van der Waals surface area contributed by atoms with Crippen molar-refractivity contribution in [3.05, 3.63) is 12.7 Å². The van der Waals surface area contributed by atoms with Crippen molar-refractivity contribution in [2.75, 3.05) is 20.6 Å². The Morgan fingerprint density at radius 1 is 1.14 bits per heavy atom. The van der Waals surface area contributed by atoms with Crippen LogP contribution in [-0.2, 0) is 4.79 Å². The first-order valence-electron chi connectivity index (χ1n) is 5.47. The summed E-state index contributed by atoms with van der Waals surface area (Å²) in [6.45, 7) is 4.63. The number of carbonyl (C=O) groups is 1. The van der Waals surface area contributed by atoms with Crippen LogP contribution in [0.3, 0.4) is 0 Å². The molecule has 0 saturated carbocycles. The molecule has 0 rings (SSSR count). The fourth-order valence-electron chi connectivity index (χ4n) is 1.36. The molecule has 0 atom stereocenters. The van der Waals surface area contributed by atoms with E-state index in [1.165, 1.54) is 38.3 Å². The van der Waals surface area contributed by atoms with E-state index < -0.39 is 0 Å². The molecule has 0 aromatic carbocycles. The van der Waals surface area contributed by atoms with E-state index in [4.69, 9.17) is 0 Å². The minimum atomic E-state index is 0.179. The van der Waals surface area contributed by atoms with Gasteiger partial charge in [0, 0.05) is 6.42 Å². The van der Waals surface area contributed by atoms with E-state index >= 15 is 0 Å². The van der Waals surface area contributed by atoms with Crippen LogP contribution in [0.2, 0.25) is 0 Å². The van der Waals surface area contributed by atoms with E-state index in [1.54, 1.807) is 0 Å². The Bertz CT molecular complexity index is 164. The second-order valence-corrected chi connectivity index (χ2v) is 3.99. The molecule has 0 heterocycles. The third-order valence-corrected chi connectivity index (χ3v) is 2.26. The zero-order valence-electron chi connectivity index (χ0n) is 9.59. The number of rotatable bonds is 9. The molecule has 0 spiro atoms. The Morgan fingerprint density at radius 2 is 1.71 bits per heavy atom. The maximum absolute atomic E-state index is 10.9. The van der Waals surface area contributed by atoms with Gasteiger partial charge in [0.15, 0.2) is 5.78 Å². The average molecular weight is 197 g/mol. The maximum atomic E-state index is 10.9. The van der Waals surface area contributed by atoms with Crippen LogP contribution < -0.4 is 0 Å². The number of hydrogen-bond acceptors (Lipinski definition) is 2. The molecular formula is C12H23NO. The summed E-state index contributed by atoms with van der Waals surface area (Å²) in [6.07, 6.45) is 8.09. The van der Waals surface area contributed by atoms with Crippen LogP contribution in [0.15, 0.2) is 12.7 Å². The fraction of sp³-hybridized carbons (Fsp3) is 0.750. The Balaban J connectivity index is 3.06. The first-order valence-corrected chi connectivity index (χ1v) is 5.47. The maximum Gasteiger partial charge on any atom is 0.155 e. The van der Waals surface area contributed by atoms with Gasteiger partial charge in [-0.1, -0.05) is 25.8 Å². The second-order valence-electron chi connectivity index (χ2n) is 3.99. The van der Waals surface area contributed by atoms with Crippen molar-refractivity contribution in [1.82, 2.24) is 4.90 Å². The molecule has 0 aliphatic rings. The molecule has 2 heteroatoms. The lowest BCUT2D eigenvalue weighted by atomic mass is 10.1. The van der Waals surface area contributed by atoms with Gasteiger partial charge in [-0.3, -0.25) is 4.79 Å². The summed E-state index contributed by atoms with van der Waals surface area (Å²) < 4.78 is 0. The monoisotopic (exact) mass is 197 g/mol. The summed E-state index contributed by atoms with van der Waals surface area (Å²) in [7, 11) is 4.20. The molecule has 0 aromatic rings. The Hall–Kier alpha value is -0.630. The van der Waals surface area contributed by atoms with E-state index in [0.717, 1.165) is 6.42 Å². The highest BCUT2D eigenvalue weighted by Crippen LogP contribution is 2.06. The lowest BCUT2D eigenvalue weighted by Gasteiger charge is -2.08. The third-order valence-electron chi connectivity index (χ3n) is 2.26. The van der Waals surface area contributed by atoms with Crippen LogP contribution in [-0.4, -0.2) is 31.3 Å². The molecule has 0 amide bonds. The molecule has 14 heavy (non-hydrogen) atoms. The van der Waals surface area contributed by atoms with E-state index in [-0.39, 0.29) is 5.78 Å². The van der Waals surface area contributed by atoms with Crippen LogP contribution in [0.1, 0.15) is 38.5 Å². The standard InChI is InChI=1S/C12H23NO/c1-4-12(14)10-8-6-5-7-9-11-13(2)3/h4H,1,5-11H2,2-3H3. The van der Waals surface area contributed by atoms with Gasteiger partial charge in [0.25, 0.3) is 0 Å². The van der Waals surface area contributed by atoms with Gasteiger partial charge in [-0.25, -0.2) is 0 Å². The predicted molar refractivity (Wildman–Crippen MR) is 61.5 cm³/mol. The molecule has 0 bridgehead atoms. The normalized spacial score (nSPS) is 10.5. The van der Waals surface area contributed by atoms with E-state index in [0.29, 0.717) is 6.42 Å². The minimum Gasteiger partial charge on any atom is -0.309 e. The third kappa shape index (κ3) is 9.46. The van der Waals surface area contributed by atoms with Crippen LogP contribution in [0.5, 0.6) is 0 Å². The van der Waals surface area contributed by atoms with Gasteiger partial charge in [-0.15, -0.1) is 0 Å². The van der Waals surface area contributed by atoms with Gasteiger partial charge in [-0.2, -0.15) is 0 Å². The van der Waals surface area contributed by atoms with Crippen molar-refractivity contribution in [3.63, 3.8) is 0 Å². The quantitative estimate of drug-likeness (QED) is 0.418. The molecule has 82 valence electrons. The Morgan fingerprint density at radius 3 is 2.29 bits per heavy atom. The van der Waals surface area contributed by atoms with Crippen molar-refractivity contribution >= 4 is 5.78 Å². The molecule has 2 nitrogen and oxygen atoms in total. The highest BCUT2D eigenvalue weighted by molar-refractivity contribution is 5.88. The number of allylic oxidation sites excluding steroid dienone is 1. The summed E-state index contributed by atoms with van der Waals surface area (Å²) in [5, 5.41) is 0. The number of hydrogen-bond donors (Lipinski definition) is 0. The molecule has 0 aromatic heterocycles. The SMILES string of the molecule is C=CC(=O)CCCCCCCN(C)C. The van der Waals surface area contributed by atoms with Crippen LogP contribution >= 0.6 is 0 Å². The van der Waals surface area contributed by atoms with E-state index in [1.807, 2.05) is 0 Å². The van der Waals surface area contributed by atoms with Gasteiger partial charge in [-0.05, 0) is 39.6 Å². The van der Waals surface area contributed by atoms with Crippen molar-refractivity contribution in [3.8, 4) is 0 Å². The van der Waals surface area contributed by atoms with Crippen molar-refractivity contribution in [2.24, 2.45) is 0 Å². The summed E-state index contributed by atoms with van der Waals surface area (Å²) in [4.78, 5) is 13.1. The van der Waals surface area contributed by atoms with Crippen molar-refractivity contribution in [1.29, 1.82) is 0 Å². The van der Waals surface area contributed by atoms with Crippen LogP contribution in [0, 0.1) is 0 Å². The molecule has 0 fully saturated rings. The number of nitrogens with zero attached hydrogens (tertiary/aromatic N) is 1. The van der Waals surface area contributed by atoms with Crippen LogP contribution in [0.4, 0.5) is 0 Å². The average Bonchev–Trinajstić information content (AvgIpc) is 2.15. The van der Waals surface area contributed by atoms with Gasteiger partial charge >= 0.3 is 0 Å². The summed E-state index contributed by atoms with van der Waals surface area (Å²) in [5.41, 5.74) is 0. The Kier molecular flexibility index (Phi) is 8.54. The number of ketones is 1. The largest absolute Gasteiger partial charge is 0.309 e. The highest BCUT2D eigenvalue weighted by Gasteiger charge is 1.96. The first kappa shape index (κ1) is 13.4. The van der Waals surface area contributed by atoms with E-state index in [2.05, 4.69) is 25.6 Å². The first-order chi connectivity index (χ1) is 6.66. The Labute approximate surface area is 88.0 Å². The molecule has 0 saturated heterocycles. The highest BCUT2D eigenvalue weighted by atomic mass is 16.1.